The molecule has 0 radical (unpaired) electrons. The maximum absolute atomic E-state index is 13.2. The molecule has 0 amide bonds. The maximum atomic E-state index is 13.2. The van der Waals surface area contributed by atoms with Crippen molar-refractivity contribution in [2.75, 3.05) is 34.5 Å². The molecule has 10 nitrogen and oxygen atoms in total. The molecule has 3 rings (SSSR count). The molecule has 0 saturated heterocycles. The first-order valence-corrected chi connectivity index (χ1v) is 11.3. The lowest BCUT2D eigenvalue weighted by Gasteiger charge is -2.24. The van der Waals surface area contributed by atoms with Gasteiger partial charge in [-0.05, 0) is 53.6 Å². The number of carbonyl (C=O) groups is 1. The molecule has 37 heavy (non-hydrogen) atoms. The molecule has 0 bridgehead atoms. The van der Waals surface area contributed by atoms with Crippen molar-refractivity contribution >= 4 is 5.78 Å². The summed E-state index contributed by atoms with van der Waals surface area (Å²) in [6.07, 6.45) is -2.40. The summed E-state index contributed by atoms with van der Waals surface area (Å²) in [4.78, 5) is 13.2. The van der Waals surface area contributed by atoms with Crippen LogP contribution in [0.25, 0.3) is 0 Å². The van der Waals surface area contributed by atoms with Gasteiger partial charge in [0.15, 0.2) is 46.4 Å². The minimum Gasteiger partial charge on any atom is -0.504 e. The van der Waals surface area contributed by atoms with Crippen molar-refractivity contribution in [1.82, 2.24) is 0 Å². The van der Waals surface area contributed by atoms with E-state index in [0.717, 1.165) is 0 Å². The molecule has 0 spiro atoms. The van der Waals surface area contributed by atoms with E-state index in [1.54, 1.807) is 0 Å². The van der Waals surface area contributed by atoms with Crippen LogP contribution in [0.2, 0.25) is 0 Å². The van der Waals surface area contributed by atoms with E-state index in [4.69, 9.17) is 18.9 Å². The third-order valence-electron chi connectivity index (χ3n) is 5.91. The highest BCUT2D eigenvalue weighted by molar-refractivity contribution is 6.01. The third kappa shape index (κ3) is 6.05. The average Bonchev–Trinajstić information content (AvgIpc) is 2.92. The van der Waals surface area contributed by atoms with Crippen LogP contribution in [0, 0.1) is 0 Å². The third-order valence-corrected chi connectivity index (χ3v) is 5.91. The first-order chi connectivity index (χ1) is 17.8. The van der Waals surface area contributed by atoms with Crippen LogP contribution in [0.1, 0.15) is 33.5 Å². The number of hydrogen-bond donors (Lipinski definition) is 5. The summed E-state index contributed by atoms with van der Waals surface area (Å²) in [6.45, 7) is -1.04. The lowest BCUT2D eigenvalue weighted by atomic mass is 9.91. The molecule has 10 heteroatoms. The number of phenols is 2. The highest BCUT2D eigenvalue weighted by Gasteiger charge is 2.27. The van der Waals surface area contributed by atoms with Gasteiger partial charge in [-0.1, -0.05) is 12.1 Å². The second-order valence-corrected chi connectivity index (χ2v) is 8.11. The van der Waals surface area contributed by atoms with Crippen LogP contribution < -0.4 is 18.9 Å². The predicted molar refractivity (Wildman–Crippen MR) is 133 cm³/mol. The molecule has 0 aliphatic carbocycles. The number of methoxy groups -OCH3 is 3. The Morgan fingerprint density at radius 3 is 1.84 bits per heavy atom. The van der Waals surface area contributed by atoms with Crippen LogP contribution in [-0.2, 0) is 0 Å². The minimum absolute atomic E-state index is 0.0927. The van der Waals surface area contributed by atoms with Crippen LogP contribution in [0.5, 0.6) is 34.5 Å². The van der Waals surface area contributed by atoms with E-state index < -0.39 is 37.1 Å². The number of aliphatic hydroxyl groups is 3. The molecule has 5 N–H and O–H groups in total. The van der Waals surface area contributed by atoms with Gasteiger partial charge in [0, 0.05) is 5.56 Å². The van der Waals surface area contributed by atoms with Crippen molar-refractivity contribution < 1.29 is 49.3 Å². The predicted octanol–water partition coefficient (Wildman–Crippen LogP) is 2.56. The van der Waals surface area contributed by atoms with Gasteiger partial charge in [0.05, 0.1) is 40.5 Å². The van der Waals surface area contributed by atoms with E-state index in [0.29, 0.717) is 11.1 Å². The molecule has 198 valence electrons. The Morgan fingerprint density at radius 2 is 1.30 bits per heavy atom. The summed E-state index contributed by atoms with van der Waals surface area (Å²) in [5.74, 6) is -0.881. The number of ketones is 1. The Hall–Kier alpha value is -3.99. The van der Waals surface area contributed by atoms with Gasteiger partial charge in [0.2, 0.25) is 0 Å². The van der Waals surface area contributed by atoms with Crippen molar-refractivity contribution in [2.45, 2.75) is 18.1 Å². The summed E-state index contributed by atoms with van der Waals surface area (Å²) in [6, 6.07) is 13.0. The molecule has 0 unspecified atom stereocenters. The first kappa shape index (κ1) is 27.6. The topological polar surface area (TPSA) is 155 Å². The summed E-state index contributed by atoms with van der Waals surface area (Å²) >= 11 is 0. The highest BCUT2D eigenvalue weighted by atomic mass is 16.5. The largest absolute Gasteiger partial charge is 0.504 e. The van der Waals surface area contributed by atoms with E-state index in [1.807, 2.05) is 0 Å². The molecule has 0 aliphatic heterocycles. The molecular weight excluding hydrogens is 484 g/mol. The van der Waals surface area contributed by atoms with Gasteiger partial charge < -0.3 is 44.5 Å². The molecule has 3 aromatic carbocycles. The maximum Gasteiger partial charge on any atom is 0.172 e. The number of phenolic OH excluding ortho intramolecular Hbond substituents is 2. The standard InChI is InChI=1S/C27H30O10/c1-34-22-10-15(4-7-19(22)30)18(13-28)26(32)16-6-9-21(24(12-16)36-3)37-25(14-29)27(33)17-5-8-20(31)23(11-17)35-2/h4-12,18,25,27-31,33H,13-14H2,1-3H3/t18-,25+,27+/m0/s1. The van der Waals surface area contributed by atoms with Crippen LogP contribution in [0.3, 0.4) is 0 Å². The van der Waals surface area contributed by atoms with Crippen LogP contribution >= 0.6 is 0 Å². The SMILES string of the molecule is COc1cc([C@H](CO)C(=O)c2ccc(O[C@H](CO)[C@H](O)c3ccc(O)c(OC)c3)c(OC)c2)ccc1O. The van der Waals surface area contributed by atoms with Crippen molar-refractivity contribution in [2.24, 2.45) is 0 Å². The fraction of sp³-hybridized carbons (Fsp3) is 0.296. The second-order valence-electron chi connectivity index (χ2n) is 8.11. The van der Waals surface area contributed by atoms with Gasteiger partial charge in [-0.25, -0.2) is 0 Å². The number of Topliss-reactive ketones (excluding diaryl/α,β-unsaturated/α-hetero) is 1. The molecule has 3 atom stereocenters. The summed E-state index contributed by atoms with van der Waals surface area (Å²) < 4.78 is 21.4. The fourth-order valence-corrected chi connectivity index (χ4v) is 3.83. The van der Waals surface area contributed by atoms with Crippen LogP contribution in [0.15, 0.2) is 54.6 Å². The Labute approximate surface area is 213 Å². The molecular formula is C27H30O10. The summed E-state index contributed by atoms with van der Waals surface area (Å²) in [7, 11) is 4.13. The zero-order chi connectivity index (χ0) is 27.1. The summed E-state index contributed by atoms with van der Waals surface area (Å²) in [5.41, 5.74) is 1.02. The average molecular weight is 515 g/mol. The minimum atomic E-state index is -1.28. The Balaban J connectivity index is 1.85. The number of carbonyl (C=O) groups excluding carboxylic acids is 1. The zero-order valence-corrected chi connectivity index (χ0v) is 20.6. The van der Waals surface area contributed by atoms with Gasteiger partial charge in [0.1, 0.15) is 6.10 Å². The Kier molecular flexibility index (Phi) is 9.18. The van der Waals surface area contributed by atoms with Gasteiger partial charge in [0.25, 0.3) is 0 Å². The quantitative estimate of drug-likeness (QED) is 0.228. The van der Waals surface area contributed by atoms with Crippen molar-refractivity contribution in [1.29, 1.82) is 0 Å². The van der Waals surface area contributed by atoms with Gasteiger partial charge >= 0.3 is 0 Å². The van der Waals surface area contributed by atoms with E-state index >= 15 is 0 Å². The normalized spacial score (nSPS) is 13.4. The molecule has 0 aliphatic rings. The van der Waals surface area contributed by atoms with E-state index in [2.05, 4.69) is 0 Å². The van der Waals surface area contributed by atoms with E-state index in [1.165, 1.54) is 75.9 Å². The zero-order valence-electron chi connectivity index (χ0n) is 20.6. The molecule has 0 fully saturated rings. The van der Waals surface area contributed by atoms with Gasteiger partial charge in [-0.2, -0.15) is 0 Å². The van der Waals surface area contributed by atoms with E-state index in [9.17, 15) is 30.3 Å². The molecule has 0 heterocycles. The lowest BCUT2D eigenvalue weighted by Crippen LogP contribution is -2.29. The second kappa shape index (κ2) is 12.3. The molecule has 0 aromatic heterocycles. The van der Waals surface area contributed by atoms with Gasteiger partial charge in [-0.15, -0.1) is 0 Å². The number of hydrogen-bond acceptors (Lipinski definition) is 10. The number of aliphatic hydroxyl groups excluding tert-OH is 3. The Bertz CT molecular complexity index is 1230. The van der Waals surface area contributed by atoms with Crippen molar-refractivity contribution in [3.8, 4) is 34.5 Å². The first-order valence-electron chi connectivity index (χ1n) is 11.3. The Morgan fingerprint density at radius 1 is 0.730 bits per heavy atom. The van der Waals surface area contributed by atoms with Crippen molar-refractivity contribution in [3.63, 3.8) is 0 Å². The summed E-state index contributed by atoms with van der Waals surface area (Å²) in [5, 5.41) is 50.2. The molecule has 3 aromatic rings. The number of ether oxygens (including phenoxy) is 4. The van der Waals surface area contributed by atoms with Crippen molar-refractivity contribution in [3.05, 3.63) is 71.3 Å². The van der Waals surface area contributed by atoms with Crippen LogP contribution in [-0.4, -0.2) is 72.0 Å². The fourth-order valence-electron chi connectivity index (χ4n) is 3.83. The number of benzene rings is 3. The lowest BCUT2D eigenvalue weighted by molar-refractivity contribution is -0.000529. The van der Waals surface area contributed by atoms with Crippen LogP contribution in [0.4, 0.5) is 0 Å². The van der Waals surface area contributed by atoms with Gasteiger partial charge in [-0.3, -0.25) is 4.79 Å². The molecule has 0 saturated carbocycles. The number of aromatic hydroxyl groups is 2. The highest BCUT2D eigenvalue weighted by Crippen LogP contribution is 2.36. The van der Waals surface area contributed by atoms with E-state index in [-0.39, 0.29) is 40.1 Å². The smallest absolute Gasteiger partial charge is 0.172 e. The monoisotopic (exact) mass is 514 g/mol. The number of rotatable bonds is 12.